The third-order valence-corrected chi connectivity index (χ3v) is 4.26. The van der Waals surface area contributed by atoms with Gasteiger partial charge in [0.2, 0.25) is 5.91 Å². The molecule has 1 fully saturated rings. The van der Waals surface area contributed by atoms with Gasteiger partial charge in [0.25, 0.3) is 0 Å². The molecular weight excluding hydrogens is 298 g/mol. The van der Waals surface area contributed by atoms with Crippen molar-refractivity contribution < 1.29 is 9.59 Å². The lowest BCUT2D eigenvalue weighted by molar-refractivity contribution is -0.130. The number of carbonyl (C=O) groups is 2. The summed E-state index contributed by atoms with van der Waals surface area (Å²) in [7, 11) is 0. The van der Waals surface area contributed by atoms with Crippen LogP contribution >= 0.6 is 11.8 Å². The Kier molecular flexibility index (Phi) is 5.57. The van der Waals surface area contributed by atoms with Gasteiger partial charge < -0.3 is 5.32 Å². The van der Waals surface area contributed by atoms with Crippen LogP contribution in [0.3, 0.4) is 0 Å². The first-order chi connectivity index (χ1) is 10.6. The highest BCUT2D eigenvalue weighted by atomic mass is 32.2. The summed E-state index contributed by atoms with van der Waals surface area (Å²) in [4.78, 5) is 23.7. The minimum Gasteiger partial charge on any atom is -0.352 e. The Labute approximate surface area is 133 Å². The molecule has 0 heterocycles. The topological polar surface area (TPSA) is 93.8 Å². The summed E-state index contributed by atoms with van der Waals surface area (Å²) in [6, 6.07) is 11.1. The van der Waals surface area contributed by atoms with Gasteiger partial charge >= 0.3 is 0 Å². The Morgan fingerprint density at radius 1 is 1.27 bits per heavy atom. The minimum atomic E-state index is -1.21. The van der Waals surface area contributed by atoms with Crippen molar-refractivity contribution in [1.82, 2.24) is 5.32 Å². The molecule has 0 spiro atoms. The van der Waals surface area contributed by atoms with Gasteiger partial charge in [-0.2, -0.15) is 10.5 Å². The van der Waals surface area contributed by atoms with Crippen LogP contribution in [0.25, 0.3) is 0 Å². The summed E-state index contributed by atoms with van der Waals surface area (Å²) in [6.45, 7) is 0. The van der Waals surface area contributed by atoms with Gasteiger partial charge in [0.15, 0.2) is 11.7 Å². The Morgan fingerprint density at radius 3 is 2.50 bits per heavy atom. The molecule has 0 saturated heterocycles. The number of hydrogen-bond acceptors (Lipinski definition) is 5. The summed E-state index contributed by atoms with van der Waals surface area (Å²) in [5.41, 5.74) is 1.58. The van der Waals surface area contributed by atoms with Crippen molar-refractivity contribution >= 4 is 23.5 Å². The molecular formula is C16H15N3O2S. The van der Waals surface area contributed by atoms with Crippen LogP contribution in [-0.4, -0.2) is 23.5 Å². The van der Waals surface area contributed by atoms with Crippen LogP contribution in [0.4, 0.5) is 0 Å². The number of rotatable bonds is 7. The Morgan fingerprint density at radius 2 is 1.95 bits per heavy atom. The number of hydrogen-bond donors (Lipinski definition) is 1. The highest BCUT2D eigenvalue weighted by Gasteiger charge is 2.31. The van der Waals surface area contributed by atoms with E-state index in [4.69, 9.17) is 10.5 Å². The van der Waals surface area contributed by atoms with E-state index in [2.05, 4.69) is 5.32 Å². The Hall–Kier alpha value is -2.31. The van der Waals surface area contributed by atoms with Gasteiger partial charge in [0.1, 0.15) is 0 Å². The van der Waals surface area contributed by atoms with E-state index in [0.29, 0.717) is 11.3 Å². The fourth-order valence-electron chi connectivity index (χ4n) is 1.82. The molecule has 0 bridgehead atoms. The van der Waals surface area contributed by atoms with Gasteiger partial charge in [0, 0.05) is 11.8 Å². The molecule has 1 N–H and O–H groups in total. The SMILES string of the molecule is N#Cc1ccc(CSCC(=O)[C@H](C#N)C(=O)NC2CC2)cc1. The van der Waals surface area contributed by atoms with Crippen molar-refractivity contribution in [2.24, 2.45) is 5.92 Å². The van der Waals surface area contributed by atoms with E-state index >= 15 is 0 Å². The molecule has 0 aromatic heterocycles. The van der Waals surface area contributed by atoms with E-state index in [1.165, 1.54) is 11.8 Å². The average molecular weight is 313 g/mol. The lowest BCUT2D eigenvalue weighted by Gasteiger charge is -2.08. The molecule has 112 valence electrons. The largest absolute Gasteiger partial charge is 0.352 e. The summed E-state index contributed by atoms with van der Waals surface area (Å²) >= 11 is 1.36. The second kappa shape index (κ2) is 7.63. The predicted octanol–water partition coefficient (Wildman–Crippen LogP) is 1.78. The zero-order valence-corrected chi connectivity index (χ0v) is 12.7. The molecule has 6 heteroatoms. The standard InChI is InChI=1S/C16H15N3O2S/c17-7-11-1-3-12(4-2-11)9-22-10-15(20)14(8-18)16(21)19-13-5-6-13/h1-4,13-14H,5-6,9-10H2,(H,19,21)/t14-/m0/s1. The first-order valence-electron chi connectivity index (χ1n) is 6.93. The number of amides is 1. The van der Waals surface area contributed by atoms with E-state index in [1.807, 2.05) is 18.2 Å². The van der Waals surface area contributed by atoms with Crippen LogP contribution in [0.1, 0.15) is 24.0 Å². The number of carbonyl (C=O) groups excluding carboxylic acids is 2. The maximum absolute atomic E-state index is 12.0. The molecule has 1 saturated carbocycles. The minimum absolute atomic E-state index is 0.121. The Balaban J connectivity index is 1.79. The van der Waals surface area contributed by atoms with Crippen LogP contribution < -0.4 is 5.32 Å². The van der Waals surface area contributed by atoms with E-state index in [-0.39, 0.29) is 17.6 Å². The molecule has 1 amide bonds. The van der Waals surface area contributed by atoms with Gasteiger partial charge in [-0.3, -0.25) is 9.59 Å². The van der Waals surface area contributed by atoms with Crippen molar-refractivity contribution in [3.63, 3.8) is 0 Å². The van der Waals surface area contributed by atoms with E-state index in [9.17, 15) is 9.59 Å². The van der Waals surface area contributed by atoms with Gasteiger partial charge in [-0.15, -0.1) is 11.8 Å². The average Bonchev–Trinajstić information content (AvgIpc) is 3.32. The van der Waals surface area contributed by atoms with Gasteiger partial charge in [-0.25, -0.2) is 0 Å². The summed E-state index contributed by atoms with van der Waals surface area (Å²) in [5, 5.41) is 20.4. The zero-order chi connectivity index (χ0) is 15.9. The monoisotopic (exact) mass is 313 g/mol. The molecule has 1 aliphatic rings. The quantitative estimate of drug-likeness (QED) is 0.774. The molecule has 1 aliphatic carbocycles. The Bertz CT molecular complexity index is 639. The van der Waals surface area contributed by atoms with Gasteiger partial charge in [-0.05, 0) is 30.5 Å². The fourth-order valence-corrected chi connectivity index (χ4v) is 2.72. The van der Waals surface area contributed by atoms with Gasteiger partial charge in [-0.1, -0.05) is 12.1 Å². The van der Waals surface area contributed by atoms with Crippen LogP contribution in [0.2, 0.25) is 0 Å². The molecule has 22 heavy (non-hydrogen) atoms. The lowest BCUT2D eigenvalue weighted by Crippen LogP contribution is -2.36. The van der Waals surface area contributed by atoms with Crippen molar-refractivity contribution in [1.29, 1.82) is 10.5 Å². The molecule has 5 nitrogen and oxygen atoms in total. The highest BCUT2D eigenvalue weighted by molar-refractivity contribution is 7.99. The normalized spacial score (nSPS) is 14.5. The molecule has 2 rings (SSSR count). The molecule has 0 aliphatic heterocycles. The van der Waals surface area contributed by atoms with Crippen molar-refractivity contribution in [2.45, 2.75) is 24.6 Å². The first-order valence-corrected chi connectivity index (χ1v) is 8.09. The first kappa shape index (κ1) is 16.1. The van der Waals surface area contributed by atoms with E-state index in [0.717, 1.165) is 18.4 Å². The number of Topliss-reactive ketones (excluding diaryl/α,β-unsaturated/α-hetero) is 1. The fraction of sp³-hybridized carbons (Fsp3) is 0.375. The molecule has 1 atom stereocenters. The van der Waals surface area contributed by atoms with Crippen molar-refractivity contribution in [3.8, 4) is 12.1 Å². The second-order valence-electron chi connectivity index (χ2n) is 5.11. The maximum Gasteiger partial charge on any atom is 0.245 e. The van der Waals surface area contributed by atoms with Crippen LogP contribution in [0.5, 0.6) is 0 Å². The second-order valence-corrected chi connectivity index (χ2v) is 6.10. The summed E-state index contributed by atoms with van der Waals surface area (Å²) < 4.78 is 0. The molecule has 1 aromatic rings. The van der Waals surface area contributed by atoms with Crippen molar-refractivity contribution in [2.75, 3.05) is 5.75 Å². The van der Waals surface area contributed by atoms with E-state index < -0.39 is 11.8 Å². The number of nitriles is 2. The number of thioether (sulfide) groups is 1. The number of nitrogens with zero attached hydrogens (tertiary/aromatic N) is 2. The molecule has 1 aromatic carbocycles. The third-order valence-electron chi connectivity index (χ3n) is 3.23. The van der Waals surface area contributed by atoms with Crippen LogP contribution in [-0.2, 0) is 15.3 Å². The number of benzene rings is 1. The van der Waals surface area contributed by atoms with Gasteiger partial charge in [0.05, 0.1) is 23.5 Å². The summed E-state index contributed by atoms with van der Waals surface area (Å²) in [5.74, 6) is -1.33. The predicted molar refractivity (Wildman–Crippen MR) is 82.6 cm³/mol. The summed E-state index contributed by atoms with van der Waals surface area (Å²) in [6.07, 6.45) is 1.84. The number of nitrogens with one attached hydrogen (secondary N) is 1. The molecule has 0 radical (unpaired) electrons. The number of ketones is 1. The zero-order valence-electron chi connectivity index (χ0n) is 11.9. The maximum atomic E-state index is 12.0. The van der Waals surface area contributed by atoms with Crippen LogP contribution in [0, 0.1) is 28.6 Å². The lowest BCUT2D eigenvalue weighted by atomic mass is 10.1. The highest BCUT2D eigenvalue weighted by Crippen LogP contribution is 2.20. The smallest absolute Gasteiger partial charge is 0.245 e. The van der Waals surface area contributed by atoms with E-state index in [1.54, 1.807) is 18.2 Å². The third kappa shape index (κ3) is 4.61. The van der Waals surface area contributed by atoms with Crippen molar-refractivity contribution in [3.05, 3.63) is 35.4 Å². The van der Waals surface area contributed by atoms with Crippen LogP contribution in [0.15, 0.2) is 24.3 Å². The molecule has 0 unspecified atom stereocenters.